The van der Waals surface area contributed by atoms with E-state index in [1.54, 1.807) is 23.1 Å². The van der Waals surface area contributed by atoms with Gasteiger partial charge in [0.15, 0.2) is 18.0 Å². The van der Waals surface area contributed by atoms with E-state index in [9.17, 15) is 14.4 Å². The van der Waals surface area contributed by atoms with Gasteiger partial charge in [-0.15, -0.1) is 0 Å². The number of nitrogens with one attached hydrogen (secondary N) is 1. The molecule has 2 aromatic carbocycles. The maximum atomic E-state index is 12.5. The molecule has 3 aromatic rings. The second-order valence-corrected chi connectivity index (χ2v) is 7.72. The van der Waals surface area contributed by atoms with E-state index >= 15 is 0 Å². The number of ether oxygens (including phenoxy) is 1. The third-order valence-corrected chi connectivity index (χ3v) is 5.51. The second kappa shape index (κ2) is 9.18. The van der Waals surface area contributed by atoms with Crippen molar-refractivity contribution in [2.75, 3.05) is 39.3 Å². The number of nitrogens with zero attached hydrogens (tertiary/aromatic N) is 2. The summed E-state index contributed by atoms with van der Waals surface area (Å²) in [5.74, 6) is 0.123. The van der Waals surface area contributed by atoms with Crippen molar-refractivity contribution in [1.82, 2.24) is 14.8 Å². The molecular weight excluding hydrogens is 398 g/mol. The summed E-state index contributed by atoms with van der Waals surface area (Å²) >= 11 is 0. The highest BCUT2D eigenvalue weighted by Crippen LogP contribution is 2.15. The van der Waals surface area contributed by atoms with Crippen LogP contribution in [0.4, 0.5) is 0 Å². The van der Waals surface area contributed by atoms with Gasteiger partial charge in [-0.05, 0) is 37.3 Å². The molecular formula is C23H25N3O5. The van der Waals surface area contributed by atoms with E-state index in [1.165, 1.54) is 0 Å². The molecule has 0 atom stereocenters. The van der Waals surface area contributed by atoms with Crippen molar-refractivity contribution in [2.45, 2.75) is 13.3 Å². The van der Waals surface area contributed by atoms with E-state index in [2.05, 4.69) is 9.88 Å². The first-order valence-corrected chi connectivity index (χ1v) is 10.3. The summed E-state index contributed by atoms with van der Waals surface area (Å²) in [5.41, 5.74) is 2.63. The standard InChI is InChI=1S/C23H25N3O5/c1-16-2-5-18(6-3-16)30-15-22(28)26-12-10-25(11-13-26)9-8-20(27)17-4-7-19-21(14-17)31-23(29)24-19/h2-7,14H,8-13,15H2,1H3,(H,24,29). The largest absolute Gasteiger partial charge is 0.484 e. The summed E-state index contributed by atoms with van der Waals surface area (Å²) < 4.78 is 10.6. The molecule has 162 valence electrons. The number of carbonyl (C=O) groups excluding carboxylic acids is 2. The molecule has 1 amide bonds. The number of aryl methyl sites for hydroxylation is 1. The molecule has 0 unspecified atom stereocenters. The summed E-state index contributed by atoms with van der Waals surface area (Å²) in [4.78, 5) is 42.7. The first-order valence-electron chi connectivity index (χ1n) is 10.3. The zero-order chi connectivity index (χ0) is 21.8. The van der Waals surface area contributed by atoms with Crippen molar-refractivity contribution in [1.29, 1.82) is 0 Å². The van der Waals surface area contributed by atoms with Crippen molar-refractivity contribution < 1.29 is 18.7 Å². The van der Waals surface area contributed by atoms with E-state index in [4.69, 9.17) is 9.15 Å². The van der Waals surface area contributed by atoms with Crippen molar-refractivity contribution in [3.05, 3.63) is 64.1 Å². The molecule has 0 aliphatic carbocycles. The molecule has 8 nitrogen and oxygen atoms in total. The maximum absolute atomic E-state index is 12.5. The number of piperazine rings is 1. The van der Waals surface area contributed by atoms with Crippen LogP contribution < -0.4 is 10.5 Å². The van der Waals surface area contributed by atoms with Gasteiger partial charge in [0.25, 0.3) is 5.91 Å². The monoisotopic (exact) mass is 423 g/mol. The van der Waals surface area contributed by atoms with Gasteiger partial charge in [-0.25, -0.2) is 4.79 Å². The molecule has 1 aliphatic rings. The number of ketones is 1. The summed E-state index contributed by atoms with van der Waals surface area (Å²) in [7, 11) is 0. The minimum atomic E-state index is -0.531. The lowest BCUT2D eigenvalue weighted by Crippen LogP contribution is -2.50. The van der Waals surface area contributed by atoms with Gasteiger partial charge in [0.2, 0.25) is 0 Å². The number of aromatic amines is 1. The molecule has 4 rings (SSSR count). The number of benzene rings is 2. The molecule has 1 aliphatic heterocycles. The average molecular weight is 423 g/mol. The Morgan fingerprint density at radius 2 is 1.81 bits per heavy atom. The van der Waals surface area contributed by atoms with Gasteiger partial charge >= 0.3 is 5.76 Å². The minimum Gasteiger partial charge on any atom is -0.484 e. The van der Waals surface area contributed by atoms with Crippen molar-refractivity contribution in [2.24, 2.45) is 0 Å². The molecule has 1 fully saturated rings. The minimum absolute atomic E-state index is 0.00393. The van der Waals surface area contributed by atoms with Crippen LogP contribution in [0.25, 0.3) is 11.1 Å². The van der Waals surface area contributed by atoms with Gasteiger partial charge in [0.05, 0.1) is 5.52 Å². The van der Waals surface area contributed by atoms with E-state index in [0.717, 1.165) is 18.7 Å². The highest BCUT2D eigenvalue weighted by Gasteiger charge is 2.22. The maximum Gasteiger partial charge on any atom is 0.417 e. The van der Waals surface area contributed by atoms with E-state index in [1.807, 2.05) is 31.2 Å². The van der Waals surface area contributed by atoms with Crippen LogP contribution >= 0.6 is 0 Å². The highest BCUT2D eigenvalue weighted by atomic mass is 16.5. The Bertz CT molecular complexity index is 1120. The fraction of sp³-hybridized carbons (Fsp3) is 0.348. The number of hydrogen-bond acceptors (Lipinski definition) is 6. The van der Waals surface area contributed by atoms with Crippen LogP contribution in [0.3, 0.4) is 0 Å². The average Bonchev–Trinajstić information content (AvgIpc) is 3.16. The number of rotatable bonds is 7. The van der Waals surface area contributed by atoms with E-state index < -0.39 is 5.76 Å². The van der Waals surface area contributed by atoms with Crippen molar-refractivity contribution in [3.63, 3.8) is 0 Å². The molecule has 31 heavy (non-hydrogen) atoms. The van der Waals surface area contributed by atoms with Crippen LogP contribution in [0.5, 0.6) is 5.75 Å². The van der Waals surface area contributed by atoms with Crippen molar-refractivity contribution >= 4 is 22.8 Å². The Labute approximate surface area is 179 Å². The van der Waals surface area contributed by atoms with Gasteiger partial charge in [-0.1, -0.05) is 17.7 Å². The number of carbonyl (C=O) groups is 2. The molecule has 1 saturated heterocycles. The smallest absolute Gasteiger partial charge is 0.417 e. The Morgan fingerprint density at radius 1 is 1.06 bits per heavy atom. The van der Waals surface area contributed by atoms with Crippen LogP contribution in [0, 0.1) is 6.92 Å². The molecule has 0 spiro atoms. The van der Waals surface area contributed by atoms with Crippen molar-refractivity contribution in [3.8, 4) is 5.75 Å². The zero-order valence-electron chi connectivity index (χ0n) is 17.4. The number of amides is 1. The number of Topliss-reactive ketones (excluding diaryl/α,β-unsaturated/α-hetero) is 1. The summed E-state index contributed by atoms with van der Waals surface area (Å²) in [6.45, 7) is 5.32. The molecule has 0 radical (unpaired) electrons. The summed E-state index contributed by atoms with van der Waals surface area (Å²) in [6.07, 6.45) is 0.366. The van der Waals surface area contributed by atoms with Crippen LogP contribution in [0.15, 0.2) is 51.7 Å². The highest BCUT2D eigenvalue weighted by molar-refractivity contribution is 5.98. The van der Waals surface area contributed by atoms with Gasteiger partial charge in [-0.2, -0.15) is 0 Å². The fourth-order valence-electron chi connectivity index (χ4n) is 3.61. The van der Waals surface area contributed by atoms with Gasteiger partial charge < -0.3 is 14.1 Å². The number of hydrogen-bond donors (Lipinski definition) is 1. The van der Waals surface area contributed by atoms with Crippen LogP contribution in [0.2, 0.25) is 0 Å². The first-order chi connectivity index (χ1) is 15.0. The topological polar surface area (TPSA) is 95.9 Å². The molecule has 0 saturated carbocycles. The van der Waals surface area contributed by atoms with Gasteiger partial charge in [0, 0.05) is 44.7 Å². The number of oxazole rings is 1. The third kappa shape index (κ3) is 5.21. The summed E-state index contributed by atoms with van der Waals surface area (Å²) in [6, 6.07) is 12.6. The number of H-pyrrole nitrogens is 1. The van der Waals surface area contributed by atoms with E-state index in [-0.39, 0.29) is 18.3 Å². The zero-order valence-corrected chi connectivity index (χ0v) is 17.4. The van der Waals surface area contributed by atoms with Crippen LogP contribution in [-0.2, 0) is 4.79 Å². The quantitative estimate of drug-likeness (QED) is 0.586. The lowest BCUT2D eigenvalue weighted by Gasteiger charge is -2.34. The normalized spacial score (nSPS) is 14.7. The Morgan fingerprint density at radius 3 is 2.55 bits per heavy atom. The SMILES string of the molecule is Cc1ccc(OCC(=O)N2CCN(CCC(=O)c3ccc4[nH]c(=O)oc4c3)CC2)cc1. The molecule has 0 bridgehead atoms. The van der Waals surface area contributed by atoms with Crippen LogP contribution in [0.1, 0.15) is 22.3 Å². The van der Waals surface area contributed by atoms with Crippen LogP contribution in [-0.4, -0.2) is 65.8 Å². The van der Waals surface area contributed by atoms with E-state index in [0.29, 0.717) is 48.5 Å². The number of fused-ring (bicyclic) bond motifs is 1. The predicted molar refractivity (Wildman–Crippen MR) is 115 cm³/mol. The summed E-state index contributed by atoms with van der Waals surface area (Å²) in [5, 5.41) is 0. The second-order valence-electron chi connectivity index (χ2n) is 7.72. The molecule has 1 aromatic heterocycles. The first kappa shape index (κ1) is 20.9. The third-order valence-electron chi connectivity index (χ3n) is 5.51. The lowest BCUT2D eigenvalue weighted by molar-refractivity contribution is -0.135. The molecule has 2 heterocycles. The molecule has 1 N–H and O–H groups in total. The van der Waals surface area contributed by atoms with Gasteiger partial charge in [0.1, 0.15) is 5.75 Å². The lowest BCUT2D eigenvalue weighted by atomic mass is 10.1. The molecule has 8 heteroatoms. The van der Waals surface area contributed by atoms with Gasteiger partial charge in [-0.3, -0.25) is 19.5 Å². The predicted octanol–water partition coefficient (Wildman–Crippen LogP) is 2.23. The Hall–Kier alpha value is -3.39. The Balaban J connectivity index is 1.21. The number of aromatic nitrogens is 1. The fourth-order valence-corrected chi connectivity index (χ4v) is 3.61. The Kier molecular flexibility index (Phi) is 6.18.